The molecule has 1 aromatic carbocycles. The lowest BCUT2D eigenvalue weighted by Crippen LogP contribution is -2.40. The minimum atomic E-state index is -0.537. The number of nitrogens with zero attached hydrogens (tertiary/aromatic N) is 1. The van der Waals surface area contributed by atoms with Crippen LogP contribution in [0.4, 0.5) is 0 Å². The molecule has 0 saturated carbocycles. The van der Waals surface area contributed by atoms with Crippen molar-refractivity contribution in [3.8, 4) is 0 Å². The van der Waals surface area contributed by atoms with E-state index in [9.17, 15) is 0 Å². The molecule has 0 fully saturated rings. The van der Waals surface area contributed by atoms with Crippen molar-refractivity contribution in [2.75, 3.05) is 6.54 Å². The molecular formula is C13H22N4. The minimum Gasteiger partial charge on any atom is -0.399 e. The summed E-state index contributed by atoms with van der Waals surface area (Å²) < 4.78 is 0. The predicted octanol–water partition coefficient (Wildman–Crippen LogP) is 0.942. The van der Waals surface area contributed by atoms with E-state index in [4.69, 9.17) is 17.3 Å². The second-order valence-electron chi connectivity index (χ2n) is 4.78. The molecule has 0 radical (unpaired) electrons. The van der Waals surface area contributed by atoms with E-state index in [1.807, 2.05) is 32.0 Å². The van der Waals surface area contributed by atoms with Crippen molar-refractivity contribution in [2.45, 2.75) is 25.8 Å². The highest BCUT2D eigenvalue weighted by atomic mass is 15.4. The van der Waals surface area contributed by atoms with Crippen LogP contribution in [0.3, 0.4) is 0 Å². The number of hydrogen-bond donors (Lipinski definition) is 3. The lowest BCUT2D eigenvalue weighted by molar-refractivity contribution is 0.387. The molecule has 0 spiro atoms. The molecule has 0 atom stereocenters. The maximum atomic E-state index is 5.86. The number of nitrogens with two attached hydrogens (primary N) is 3. The van der Waals surface area contributed by atoms with Gasteiger partial charge in [0.25, 0.3) is 0 Å². The second-order valence-corrected chi connectivity index (χ2v) is 4.78. The normalized spacial score (nSPS) is 12.6. The molecule has 0 aliphatic heterocycles. The van der Waals surface area contributed by atoms with Crippen molar-refractivity contribution in [3.05, 3.63) is 47.8 Å². The van der Waals surface area contributed by atoms with Gasteiger partial charge < -0.3 is 16.5 Å². The SMILES string of the molecule is CC(C)(N)/C(N)=C/N(N)CCc1ccccc1. The van der Waals surface area contributed by atoms with Crippen LogP contribution in [-0.4, -0.2) is 17.1 Å². The zero-order valence-electron chi connectivity index (χ0n) is 10.6. The Kier molecular flexibility index (Phi) is 4.54. The summed E-state index contributed by atoms with van der Waals surface area (Å²) in [4.78, 5) is 0. The Morgan fingerprint density at radius 1 is 1.29 bits per heavy atom. The lowest BCUT2D eigenvalue weighted by atomic mass is 10.0. The molecule has 0 saturated heterocycles. The van der Waals surface area contributed by atoms with Gasteiger partial charge in [-0.3, -0.25) is 0 Å². The predicted molar refractivity (Wildman–Crippen MR) is 71.6 cm³/mol. The molecule has 1 rings (SSSR count). The van der Waals surface area contributed by atoms with Crippen molar-refractivity contribution in [1.82, 2.24) is 5.01 Å². The van der Waals surface area contributed by atoms with Gasteiger partial charge in [0.2, 0.25) is 0 Å². The number of hydrazine groups is 1. The monoisotopic (exact) mass is 234 g/mol. The van der Waals surface area contributed by atoms with E-state index in [1.54, 1.807) is 11.2 Å². The standard InChI is InChI=1S/C13H22N4/c1-13(2,15)12(14)10-17(16)9-8-11-6-4-3-5-7-11/h3-7,10H,8-9,14-16H2,1-2H3/b12-10-. The maximum absolute atomic E-state index is 5.86. The summed E-state index contributed by atoms with van der Waals surface area (Å²) in [5, 5.41) is 1.58. The molecule has 0 bridgehead atoms. The van der Waals surface area contributed by atoms with Gasteiger partial charge in [0, 0.05) is 18.4 Å². The van der Waals surface area contributed by atoms with E-state index in [-0.39, 0.29) is 0 Å². The molecule has 0 aliphatic rings. The van der Waals surface area contributed by atoms with E-state index in [0.29, 0.717) is 12.2 Å². The average Bonchev–Trinajstić information content (AvgIpc) is 2.26. The first kappa shape index (κ1) is 13.5. The molecule has 1 aromatic rings. The third kappa shape index (κ3) is 4.89. The van der Waals surface area contributed by atoms with Crippen molar-refractivity contribution in [1.29, 1.82) is 0 Å². The van der Waals surface area contributed by atoms with Gasteiger partial charge in [-0.2, -0.15) is 0 Å². The molecule has 94 valence electrons. The third-order valence-electron chi connectivity index (χ3n) is 2.55. The van der Waals surface area contributed by atoms with Gasteiger partial charge in [0.15, 0.2) is 0 Å². The van der Waals surface area contributed by atoms with Gasteiger partial charge in [0.1, 0.15) is 0 Å². The first-order valence-electron chi connectivity index (χ1n) is 5.71. The largest absolute Gasteiger partial charge is 0.399 e. The quantitative estimate of drug-likeness (QED) is 0.523. The van der Waals surface area contributed by atoms with Gasteiger partial charge in [-0.1, -0.05) is 30.3 Å². The zero-order chi connectivity index (χ0) is 12.9. The van der Waals surface area contributed by atoms with Gasteiger partial charge in [-0.15, -0.1) is 0 Å². The van der Waals surface area contributed by atoms with Crippen LogP contribution in [0.15, 0.2) is 42.2 Å². The molecule has 0 unspecified atom stereocenters. The fraction of sp³-hybridized carbons (Fsp3) is 0.385. The summed E-state index contributed by atoms with van der Waals surface area (Å²) in [7, 11) is 0. The van der Waals surface area contributed by atoms with Gasteiger partial charge in [-0.25, -0.2) is 5.84 Å². The summed E-state index contributed by atoms with van der Waals surface area (Å²) in [6.07, 6.45) is 2.58. The van der Waals surface area contributed by atoms with E-state index < -0.39 is 5.54 Å². The van der Waals surface area contributed by atoms with Crippen molar-refractivity contribution < 1.29 is 0 Å². The summed E-state index contributed by atoms with van der Waals surface area (Å²) >= 11 is 0. The van der Waals surface area contributed by atoms with Gasteiger partial charge in [-0.05, 0) is 25.8 Å². The summed E-state index contributed by atoms with van der Waals surface area (Å²) in [6.45, 7) is 4.41. The fourth-order valence-electron chi connectivity index (χ4n) is 1.31. The Morgan fingerprint density at radius 3 is 2.41 bits per heavy atom. The fourth-order valence-corrected chi connectivity index (χ4v) is 1.31. The first-order chi connectivity index (χ1) is 7.89. The van der Waals surface area contributed by atoms with E-state index in [0.717, 1.165) is 6.42 Å². The molecule has 4 heteroatoms. The van der Waals surface area contributed by atoms with E-state index in [1.165, 1.54) is 5.56 Å². The smallest absolute Gasteiger partial charge is 0.0514 e. The average molecular weight is 234 g/mol. The van der Waals surface area contributed by atoms with E-state index in [2.05, 4.69) is 12.1 Å². The van der Waals surface area contributed by atoms with Gasteiger partial charge >= 0.3 is 0 Å². The first-order valence-corrected chi connectivity index (χ1v) is 5.71. The summed E-state index contributed by atoms with van der Waals surface area (Å²) in [5.41, 5.74) is 13.0. The Morgan fingerprint density at radius 2 is 1.88 bits per heavy atom. The number of benzene rings is 1. The Labute approximate surface area is 103 Å². The van der Waals surface area contributed by atoms with Crippen LogP contribution in [0, 0.1) is 0 Å². The molecular weight excluding hydrogens is 212 g/mol. The van der Waals surface area contributed by atoms with Crippen molar-refractivity contribution in [2.24, 2.45) is 17.3 Å². The van der Waals surface area contributed by atoms with Crippen molar-refractivity contribution >= 4 is 0 Å². The highest BCUT2D eigenvalue weighted by Crippen LogP contribution is 2.06. The molecule has 0 amide bonds. The molecule has 6 N–H and O–H groups in total. The molecule has 0 aliphatic carbocycles. The van der Waals surface area contributed by atoms with Crippen LogP contribution < -0.4 is 17.3 Å². The van der Waals surface area contributed by atoms with Crippen molar-refractivity contribution in [3.63, 3.8) is 0 Å². The van der Waals surface area contributed by atoms with Crippen LogP contribution in [0.25, 0.3) is 0 Å². The molecule has 4 nitrogen and oxygen atoms in total. The summed E-state index contributed by atoms with van der Waals surface area (Å²) in [6, 6.07) is 10.2. The Balaban J connectivity index is 2.48. The number of rotatable bonds is 5. The second kappa shape index (κ2) is 5.70. The minimum absolute atomic E-state index is 0.537. The van der Waals surface area contributed by atoms with E-state index >= 15 is 0 Å². The van der Waals surface area contributed by atoms with Crippen LogP contribution in [0.2, 0.25) is 0 Å². The lowest BCUT2D eigenvalue weighted by Gasteiger charge is -2.22. The van der Waals surface area contributed by atoms with Gasteiger partial charge in [0.05, 0.1) is 5.54 Å². The molecule has 0 heterocycles. The van der Waals surface area contributed by atoms with Crippen LogP contribution >= 0.6 is 0 Å². The topological polar surface area (TPSA) is 81.3 Å². The maximum Gasteiger partial charge on any atom is 0.0514 e. The number of hydrogen-bond acceptors (Lipinski definition) is 4. The third-order valence-corrected chi connectivity index (χ3v) is 2.55. The van der Waals surface area contributed by atoms with Crippen LogP contribution in [0.1, 0.15) is 19.4 Å². The zero-order valence-corrected chi connectivity index (χ0v) is 10.6. The van der Waals surface area contributed by atoms with Crippen LogP contribution in [-0.2, 0) is 6.42 Å². The summed E-state index contributed by atoms with van der Waals surface area (Å²) in [5.74, 6) is 5.84. The van der Waals surface area contributed by atoms with Crippen LogP contribution in [0.5, 0.6) is 0 Å². The Bertz CT molecular complexity index is 365. The highest BCUT2D eigenvalue weighted by Gasteiger charge is 2.14. The molecule has 17 heavy (non-hydrogen) atoms. The molecule has 0 aromatic heterocycles. The highest BCUT2D eigenvalue weighted by molar-refractivity contribution is 5.15. The Hall–Kier alpha value is -1.52.